The fourth-order valence-corrected chi connectivity index (χ4v) is 1.74. The maximum atomic E-state index is 11.8. The van der Waals surface area contributed by atoms with Gasteiger partial charge in [0, 0.05) is 18.3 Å². The summed E-state index contributed by atoms with van der Waals surface area (Å²) in [6.07, 6.45) is 3.17. The largest absolute Gasteiger partial charge is 0.465 e. The topological polar surface area (TPSA) is 74.6 Å². The lowest BCUT2D eigenvalue weighted by atomic mass is 10.1. The molecule has 0 radical (unpaired) electrons. The van der Waals surface area contributed by atoms with Gasteiger partial charge in [0.15, 0.2) is 0 Å². The van der Waals surface area contributed by atoms with E-state index in [4.69, 9.17) is 0 Å². The van der Waals surface area contributed by atoms with Gasteiger partial charge in [0.1, 0.15) is 0 Å². The molecule has 0 bridgehead atoms. The first kappa shape index (κ1) is 12.3. The average Bonchev–Trinajstić information content (AvgIpc) is 3.20. The predicted molar refractivity (Wildman–Crippen MR) is 61.7 cm³/mol. The van der Waals surface area contributed by atoms with E-state index >= 15 is 0 Å². The zero-order valence-electron chi connectivity index (χ0n) is 10.1. The van der Waals surface area contributed by atoms with Crippen molar-refractivity contribution >= 4 is 11.9 Å². The van der Waals surface area contributed by atoms with E-state index in [1.54, 1.807) is 0 Å². The molecule has 18 heavy (non-hydrogen) atoms. The van der Waals surface area contributed by atoms with Gasteiger partial charge in [0.25, 0.3) is 5.56 Å². The molecule has 0 unspecified atom stereocenters. The molecule has 0 N–H and O–H groups in total. The first-order valence-corrected chi connectivity index (χ1v) is 5.51. The van der Waals surface area contributed by atoms with Crippen LogP contribution in [0.2, 0.25) is 0 Å². The molecule has 1 fully saturated rings. The SMILES string of the molecule is COC(=O)c1cc(=O)n(C2CC2)cc1C(=O)OC. The lowest BCUT2D eigenvalue weighted by Gasteiger charge is -2.09. The van der Waals surface area contributed by atoms with E-state index in [1.165, 1.54) is 25.0 Å². The normalized spacial score (nSPS) is 14.1. The Bertz CT molecular complexity index is 556. The Morgan fingerprint density at radius 1 is 1.17 bits per heavy atom. The van der Waals surface area contributed by atoms with Crippen molar-refractivity contribution in [3.8, 4) is 0 Å². The Morgan fingerprint density at radius 3 is 2.22 bits per heavy atom. The van der Waals surface area contributed by atoms with Crippen molar-refractivity contribution in [1.29, 1.82) is 0 Å². The van der Waals surface area contributed by atoms with Gasteiger partial charge in [-0.2, -0.15) is 0 Å². The smallest absolute Gasteiger partial charge is 0.340 e. The molecule has 0 saturated heterocycles. The van der Waals surface area contributed by atoms with Crippen molar-refractivity contribution in [2.24, 2.45) is 0 Å². The number of rotatable bonds is 3. The van der Waals surface area contributed by atoms with E-state index in [2.05, 4.69) is 9.47 Å². The van der Waals surface area contributed by atoms with Gasteiger partial charge in [-0.15, -0.1) is 0 Å². The van der Waals surface area contributed by atoms with E-state index in [0.29, 0.717) is 0 Å². The molecule has 6 nitrogen and oxygen atoms in total. The van der Waals surface area contributed by atoms with E-state index in [1.807, 2.05) is 0 Å². The molecule has 1 aromatic rings. The maximum absolute atomic E-state index is 11.8. The van der Waals surface area contributed by atoms with E-state index in [9.17, 15) is 14.4 Å². The summed E-state index contributed by atoms with van der Waals surface area (Å²) in [4.78, 5) is 34.9. The molecule has 6 heteroatoms. The van der Waals surface area contributed by atoms with Crippen LogP contribution in [0.15, 0.2) is 17.1 Å². The lowest BCUT2D eigenvalue weighted by molar-refractivity contribution is 0.0554. The van der Waals surface area contributed by atoms with Gasteiger partial charge in [-0.25, -0.2) is 9.59 Å². The highest BCUT2D eigenvalue weighted by atomic mass is 16.5. The summed E-state index contributed by atoms with van der Waals surface area (Å²) in [7, 11) is 2.41. The van der Waals surface area contributed by atoms with Gasteiger partial charge in [0.05, 0.1) is 25.3 Å². The number of esters is 2. The first-order valence-electron chi connectivity index (χ1n) is 5.51. The number of methoxy groups -OCH3 is 2. The van der Waals surface area contributed by atoms with Gasteiger partial charge in [-0.1, -0.05) is 0 Å². The van der Waals surface area contributed by atoms with Crippen LogP contribution in [0, 0.1) is 0 Å². The molecule has 1 aliphatic carbocycles. The molecule has 0 aliphatic heterocycles. The second-order valence-corrected chi connectivity index (χ2v) is 4.06. The molecule has 2 rings (SSSR count). The zero-order chi connectivity index (χ0) is 13.3. The molecule has 0 amide bonds. The minimum absolute atomic E-state index is 0.0517. The molecule has 0 spiro atoms. The quantitative estimate of drug-likeness (QED) is 0.741. The Morgan fingerprint density at radius 2 is 1.72 bits per heavy atom. The number of hydrogen-bond donors (Lipinski definition) is 0. The summed E-state index contributed by atoms with van der Waals surface area (Å²) in [5, 5.41) is 0. The number of hydrogen-bond acceptors (Lipinski definition) is 5. The zero-order valence-corrected chi connectivity index (χ0v) is 10.1. The highest BCUT2D eigenvalue weighted by Gasteiger charge is 2.28. The predicted octanol–water partition coefficient (Wildman–Crippen LogP) is 0.756. The van der Waals surface area contributed by atoms with Crippen molar-refractivity contribution in [2.75, 3.05) is 14.2 Å². The van der Waals surface area contributed by atoms with Crippen LogP contribution in [0.25, 0.3) is 0 Å². The van der Waals surface area contributed by atoms with Crippen molar-refractivity contribution in [2.45, 2.75) is 18.9 Å². The second kappa shape index (κ2) is 4.64. The molecular weight excluding hydrogens is 238 g/mol. The first-order chi connectivity index (χ1) is 8.58. The molecule has 1 heterocycles. The van der Waals surface area contributed by atoms with Gasteiger partial charge < -0.3 is 14.0 Å². The fraction of sp³-hybridized carbons (Fsp3) is 0.417. The van der Waals surface area contributed by atoms with E-state index in [0.717, 1.165) is 18.9 Å². The minimum atomic E-state index is -0.726. The summed E-state index contributed by atoms with van der Waals surface area (Å²) < 4.78 is 10.6. The molecule has 1 aromatic heterocycles. The van der Waals surface area contributed by atoms with Gasteiger partial charge >= 0.3 is 11.9 Å². The molecule has 96 valence electrons. The Kier molecular flexibility index (Phi) is 3.18. The van der Waals surface area contributed by atoms with Crippen LogP contribution in [0.1, 0.15) is 39.6 Å². The molecule has 0 aromatic carbocycles. The maximum Gasteiger partial charge on any atom is 0.340 e. The van der Waals surface area contributed by atoms with Crippen LogP contribution >= 0.6 is 0 Å². The molecule has 1 saturated carbocycles. The van der Waals surface area contributed by atoms with Crippen molar-refractivity contribution in [1.82, 2.24) is 4.57 Å². The second-order valence-electron chi connectivity index (χ2n) is 4.06. The number of ether oxygens (including phenoxy) is 2. The number of carbonyl (C=O) groups is 2. The molecule has 1 aliphatic rings. The van der Waals surface area contributed by atoms with Crippen LogP contribution in [-0.2, 0) is 9.47 Å². The number of pyridine rings is 1. The van der Waals surface area contributed by atoms with Crippen molar-refractivity contribution in [3.63, 3.8) is 0 Å². The van der Waals surface area contributed by atoms with Crippen molar-refractivity contribution in [3.05, 3.63) is 33.7 Å². The number of carbonyl (C=O) groups excluding carboxylic acids is 2. The standard InChI is InChI=1S/C12H13NO5/c1-17-11(15)8-5-10(14)13(7-3-4-7)6-9(8)12(16)18-2/h5-7H,3-4H2,1-2H3. The minimum Gasteiger partial charge on any atom is -0.465 e. The van der Waals surface area contributed by atoms with Crippen LogP contribution in [-0.4, -0.2) is 30.7 Å². The average molecular weight is 251 g/mol. The third-order valence-corrected chi connectivity index (χ3v) is 2.83. The lowest BCUT2D eigenvalue weighted by Crippen LogP contribution is -2.24. The summed E-state index contributed by atoms with van der Waals surface area (Å²) in [6.45, 7) is 0. The highest BCUT2D eigenvalue weighted by Crippen LogP contribution is 2.33. The van der Waals surface area contributed by atoms with Crippen LogP contribution < -0.4 is 5.56 Å². The molecular formula is C12H13NO5. The van der Waals surface area contributed by atoms with E-state index in [-0.39, 0.29) is 22.7 Å². The van der Waals surface area contributed by atoms with Crippen molar-refractivity contribution < 1.29 is 19.1 Å². The third-order valence-electron chi connectivity index (χ3n) is 2.83. The van der Waals surface area contributed by atoms with Crippen LogP contribution in [0.5, 0.6) is 0 Å². The van der Waals surface area contributed by atoms with Gasteiger partial charge in [-0.05, 0) is 12.8 Å². The Hall–Kier alpha value is -2.11. The summed E-state index contributed by atoms with van der Waals surface area (Å²) in [5.74, 6) is -1.39. The summed E-state index contributed by atoms with van der Waals surface area (Å²) in [5.41, 5.74) is -0.326. The number of aromatic nitrogens is 1. The van der Waals surface area contributed by atoms with Gasteiger partial charge in [-0.3, -0.25) is 4.79 Å². The fourth-order valence-electron chi connectivity index (χ4n) is 1.74. The third kappa shape index (κ3) is 2.13. The molecule has 0 atom stereocenters. The Balaban J connectivity index is 2.57. The van der Waals surface area contributed by atoms with Crippen LogP contribution in [0.3, 0.4) is 0 Å². The van der Waals surface area contributed by atoms with Crippen LogP contribution in [0.4, 0.5) is 0 Å². The van der Waals surface area contributed by atoms with Gasteiger partial charge in [0.2, 0.25) is 0 Å². The monoisotopic (exact) mass is 251 g/mol. The highest BCUT2D eigenvalue weighted by molar-refractivity contribution is 6.02. The van der Waals surface area contributed by atoms with E-state index < -0.39 is 11.9 Å². The summed E-state index contributed by atoms with van der Waals surface area (Å²) >= 11 is 0. The number of nitrogens with zero attached hydrogens (tertiary/aromatic N) is 1. The Labute approximate surface area is 103 Å². The summed E-state index contributed by atoms with van der Waals surface area (Å²) in [6, 6.07) is 1.24.